The van der Waals surface area contributed by atoms with Crippen molar-refractivity contribution in [2.45, 2.75) is 39.5 Å². The van der Waals surface area contributed by atoms with E-state index < -0.39 is 0 Å². The van der Waals surface area contributed by atoms with E-state index in [0.717, 1.165) is 29.3 Å². The molecule has 1 aliphatic heterocycles. The Morgan fingerprint density at radius 2 is 1.68 bits per heavy atom. The van der Waals surface area contributed by atoms with Gasteiger partial charge in [0.2, 0.25) is 0 Å². The van der Waals surface area contributed by atoms with Crippen molar-refractivity contribution in [3.63, 3.8) is 0 Å². The summed E-state index contributed by atoms with van der Waals surface area (Å²) in [6, 6.07) is 12.4. The monoisotopic (exact) mass is 464 g/mol. The van der Waals surface area contributed by atoms with Crippen molar-refractivity contribution in [1.82, 2.24) is 14.9 Å². The lowest BCUT2D eigenvalue weighted by molar-refractivity contribution is 0.0746. The molecule has 5 nitrogen and oxygen atoms in total. The fourth-order valence-corrected chi connectivity index (χ4v) is 4.20. The standard InChI is InChI=1S/C27H30F2N4O/c1-4-18(2)25-30-19(3)23(17-21-7-5-6-8-24(21)29)26(31-25)32-13-15-33(16-14-32)27(34)20-9-11-22(28)12-10-20/h5-12,18H,4,13-17H2,1-3H3/t18-/m1/s1. The second kappa shape index (κ2) is 10.3. The molecule has 0 radical (unpaired) electrons. The maximum Gasteiger partial charge on any atom is 0.253 e. The summed E-state index contributed by atoms with van der Waals surface area (Å²) in [7, 11) is 0. The Kier molecular flexibility index (Phi) is 7.20. The van der Waals surface area contributed by atoms with Gasteiger partial charge in [0.15, 0.2) is 0 Å². The Labute approximate surface area is 199 Å². The number of carbonyl (C=O) groups is 1. The predicted octanol–water partition coefficient (Wildman–Crippen LogP) is 5.13. The molecule has 0 saturated carbocycles. The average Bonchev–Trinajstić information content (AvgIpc) is 2.86. The number of hydrogen-bond acceptors (Lipinski definition) is 4. The van der Waals surface area contributed by atoms with Crippen LogP contribution in [0.25, 0.3) is 0 Å². The van der Waals surface area contributed by atoms with E-state index >= 15 is 0 Å². The number of nitrogens with zero attached hydrogens (tertiary/aromatic N) is 4. The molecule has 0 unspecified atom stereocenters. The maximum atomic E-state index is 14.4. The summed E-state index contributed by atoms with van der Waals surface area (Å²) >= 11 is 0. The smallest absolute Gasteiger partial charge is 0.253 e. The fraction of sp³-hybridized carbons (Fsp3) is 0.370. The van der Waals surface area contributed by atoms with E-state index in [4.69, 9.17) is 9.97 Å². The van der Waals surface area contributed by atoms with Gasteiger partial charge in [0, 0.05) is 55.3 Å². The van der Waals surface area contributed by atoms with Gasteiger partial charge in [-0.2, -0.15) is 0 Å². The Morgan fingerprint density at radius 1 is 1.00 bits per heavy atom. The van der Waals surface area contributed by atoms with Crippen LogP contribution in [0.4, 0.5) is 14.6 Å². The maximum absolute atomic E-state index is 14.4. The molecule has 178 valence electrons. The molecule has 34 heavy (non-hydrogen) atoms. The van der Waals surface area contributed by atoms with Gasteiger partial charge in [-0.15, -0.1) is 0 Å². The third kappa shape index (κ3) is 5.08. The summed E-state index contributed by atoms with van der Waals surface area (Å²) in [4.78, 5) is 26.5. The van der Waals surface area contributed by atoms with E-state index in [9.17, 15) is 13.6 Å². The third-order valence-electron chi connectivity index (χ3n) is 6.55. The average molecular weight is 465 g/mol. The van der Waals surface area contributed by atoms with Crippen molar-refractivity contribution in [1.29, 1.82) is 0 Å². The molecule has 0 bridgehead atoms. The number of aromatic nitrogens is 2. The molecule has 0 aliphatic carbocycles. The van der Waals surface area contributed by atoms with Crippen LogP contribution < -0.4 is 4.90 Å². The molecular formula is C27H30F2N4O. The Hall–Kier alpha value is -3.35. The number of anilines is 1. The highest BCUT2D eigenvalue weighted by Gasteiger charge is 2.26. The summed E-state index contributed by atoms with van der Waals surface area (Å²) in [5.41, 5.74) is 2.85. The largest absolute Gasteiger partial charge is 0.353 e. The number of hydrogen-bond donors (Lipinski definition) is 0. The summed E-state index contributed by atoms with van der Waals surface area (Å²) in [5.74, 6) is 1.11. The molecule has 2 heterocycles. The number of rotatable bonds is 6. The van der Waals surface area contributed by atoms with Crippen LogP contribution in [0.1, 0.15) is 59.2 Å². The molecule has 0 spiro atoms. The van der Waals surface area contributed by atoms with Gasteiger partial charge in [-0.3, -0.25) is 4.79 Å². The van der Waals surface area contributed by atoms with Crippen molar-refractivity contribution >= 4 is 11.7 Å². The van der Waals surface area contributed by atoms with Crippen LogP contribution in [-0.2, 0) is 6.42 Å². The minimum absolute atomic E-state index is 0.106. The van der Waals surface area contributed by atoms with Gasteiger partial charge in [0.05, 0.1) is 0 Å². The van der Waals surface area contributed by atoms with Crippen LogP contribution in [0.3, 0.4) is 0 Å². The van der Waals surface area contributed by atoms with E-state index in [1.54, 1.807) is 17.0 Å². The minimum atomic E-state index is -0.361. The summed E-state index contributed by atoms with van der Waals surface area (Å²) in [6.45, 7) is 8.43. The van der Waals surface area contributed by atoms with Gasteiger partial charge < -0.3 is 9.80 Å². The van der Waals surface area contributed by atoms with Gasteiger partial charge in [0.25, 0.3) is 5.91 Å². The number of piperazine rings is 1. The van der Waals surface area contributed by atoms with E-state index in [1.807, 2.05) is 13.0 Å². The minimum Gasteiger partial charge on any atom is -0.353 e. The van der Waals surface area contributed by atoms with Gasteiger partial charge in [-0.1, -0.05) is 32.0 Å². The molecule has 1 saturated heterocycles. The van der Waals surface area contributed by atoms with Gasteiger partial charge in [0.1, 0.15) is 23.3 Å². The highest BCUT2D eigenvalue weighted by Crippen LogP contribution is 2.28. The number of benzene rings is 2. The van der Waals surface area contributed by atoms with Crippen molar-refractivity contribution in [3.05, 3.63) is 88.4 Å². The normalized spacial score (nSPS) is 14.9. The molecule has 1 atom stereocenters. The van der Waals surface area contributed by atoms with Crippen LogP contribution in [0.15, 0.2) is 48.5 Å². The van der Waals surface area contributed by atoms with Gasteiger partial charge in [-0.05, 0) is 49.2 Å². The molecule has 2 aromatic carbocycles. The van der Waals surface area contributed by atoms with Crippen molar-refractivity contribution in [2.24, 2.45) is 0 Å². The first-order valence-electron chi connectivity index (χ1n) is 11.8. The Morgan fingerprint density at radius 3 is 2.32 bits per heavy atom. The topological polar surface area (TPSA) is 49.3 Å². The zero-order valence-electron chi connectivity index (χ0n) is 19.9. The first-order chi connectivity index (χ1) is 16.4. The zero-order valence-corrected chi connectivity index (χ0v) is 19.9. The van der Waals surface area contributed by atoms with E-state index in [0.29, 0.717) is 43.7 Å². The summed E-state index contributed by atoms with van der Waals surface area (Å²) in [6.07, 6.45) is 1.33. The number of carbonyl (C=O) groups excluding carboxylic acids is 1. The Balaban J connectivity index is 1.59. The molecule has 1 aromatic heterocycles. The first kappa shape index (κ1) is 23.8. The van der Waals surface area contributed by atoms with Crippen molar-refractivity contribution in [2.75, 3.05) is 31.1 Å². The van der Waals surface area contributed by atoms with Crippen molar-refractivity contribution in [3.8, 4) is 0 Å². The van der Waals surface area contributed by atoms with E-state index in [1.165, 1.54) is 30.3 Å². The molecule has 1 aliphatic rings. The van der Waals surface area contributed by atoms with Crippen LogP contribution in [0.5, 0.6) is 0 Å². The van der Waals surface area contributed by atoms with Crippen LogP contribution in [-0.4, -0.2) is 47.0 Å². The molecule has 3 aromatic rings. The Bertz CT molecular complexity index is 1160. The van der Waals surface area contributed by atoms with Gasteiger partial charge in [-0.25, -0.2) is 18.7 Å². The molecule has 1 fully saturated rings. The summed E-state index contributed by atoms with van der Waals surface area (Å²) < 4.78 is 27.7. The zero-order chi connectivity index (χ0) is 24.2. The highest BCUT2D eigenvalue weighted by atomic mass is 19.1. The molecule has 7 heteroatoms. The summed E-state index contributed by atoms with van der Waals surface area (Å²) in [5, 5.41) is 0. The first-order valence-corrected chi connectivity index (χ1v) is 11.8. The molecule has 1 amide bonds. The van der Waals surface area contributed by atoms with Crippen molar-refractivity contribution < 1.29 is 13.6 Å². The van der Waals surface area contributed by atoms with Gasteiger partial charge >= 0.3 is 0 Å². The van der Waals surface area contributed by atoms with E-state index in [2.05, 4.69) is 18.7 Å². The molecule has 0 N–H and O–H groups in total. The lowest BCUT2D eigenvalue weighted by atomic mass is 10.0. The lowest BCUT2D eigenvalue weighted by Crippen LogP contribution is -2.49. The number of aryl methyl sites for hydroxylation is 1. The lowest BCUT2D eigenvalue weighted by Gasteiger charge is -2.36. The SMILES string of the molecule is CC[C@@H](C)c1nc(C)c(Cc2ccccc2F)c(N2CCN(C(=O)c3ccc(F)cc3)CC2)n1. The molecule has 4 rings (SSSR count). The van der Waals surface area contributed by atoms with Crippen LogP contribution in [0.2, 0.25) is 0 Å². The fourth-order valence-electron chi connectivity index (χ4n) is 4.20. The molecular weight excluding hydrogens is 434 g/mol. The number of halogens is 2. The quantitative estimate of drug-likeness (QED) is 0.508. The predicted molar refractivity (Wildman–Crippen MR) is 129 cm³/mol. The van der Waals surface area contributed by atoms with E-state index in [-0.39, 0.29) is 23.5 Å². The number of amides is 1. The third-order valence-corrected chi connectivity index (χ3v) is 6.55. The van der Waals surface area contributed by atoms with Crippen LogP contribution >= 0.6 is 0 Å². The second-order valence-electron chi connectivity index (χ2n) is 8.83. The second-order valence-corrected chi connectivity index (χ2v) is 8.83. The van der Waals surface area contributed by atoms with Crippen LogP contribution in [0, 0.1) is 18.6 Å². The highest BCUT2D eigenvalue weighted by molar-refractivity contribution is 5.94.